The normalized spacial score (nSPS) is 25.4. The molecule has 0 spiro atoms. The second-order valence-corrected chi connectivity index (χ2v) is 6.14. The number of aliphatic hydroxyl groups excluding tert-OH is 1. The van der Waals surface area contributed by atoms with Crippen LogP contribution in [-0.2, 0) is 9.47 Å². The standard InChI is InChI=1S/C14H30N2O3/c1-12(2)15-9-14(5-6-19-11-14)10-16(3)7-13(17)8-18-4/h12-13,15,17H,5-11H2,1-4H3. The predicted octanol–water partition coefficient (Wildman–Crippen LogP) is 0.330. The fraction of sp³-hybridized carbons (Fsp3) is 1.00. The molecule has 1 aliphatic rings. The summed E-state index contributed by atoms with van der Waals surface area (Å²) in [6.45, 7) is 8.90. The zero-order valence-corrected chi connectivity index (χ0v) is 12.8. The fourth-order valence-corrected chi connectivity index (χ4v) is 2.63. The van der Waals surface area contributed by atoms with Gasteiger partial charge in [-0.2, -0.15) is 0 Å². The predicted molar refractivity (Wildman–Crippen MR) is 76.4 cm³/mol. The number of methoxy groups -OCH3 is 1. The molecule has 1 fully saturated rings. The van der Waals surface area contributed by atoms with Gasteiger partial charge in [-0.3, -0.25) is 0 Å². The van der Waals surface area contributed by atoms with Crippen LogP contribution in [0.4, 0.5) is 0 Å². The first-order chi connectivity index (χ1) is 8.97. The van der Waals surface area contributed by atoms with E-state index in [1.807, 2.05) is 7.05 Å². The van der Waals surface area contributed by atoms with Gasteiger partial charge in [0.25, 0.3) is 0 Å². The smallest absolute Gasteiger partial charge is 0.0899 e. The SMILES string of the molecule is COCC(O)CN(C)CC1(CNC(C)C)CCOC1. The summed E-state index contributed by atoms with van der Waals surface area (Å²) < 4.78 is 10.6. The van der Waals surface area contributed by atoms with E-state index in [2.05, 4.69) is 24.1 Å². The first-order valence-corrected chi connectivity index (χ1v) is 7.14. The molecule has 5 nitrogen and oxygen atoms in total. The van der Waals surface area contributed by atoms with Crippen molar-refractivity contribution in [1.82, 2.24) is 10.2 Å². The Labute approximate surface area is 117 Å². The van der Waals surface area contributed by atoms with Crippen molar-refractivity contribution < 1.29 is 14.6 Å². The van der Waals surface area contributed by atoms with Crippen LogP contribution in [0.5, 0.6) is 0 Å². The number of likely N-dealkylation sites (N-methyl/N-ethyl adjacent to an activating group) is 1. The first-order valence-electron chi connectivity index (χ1n) is 7.14. The lowest BCUT2D eigenvalue weighted by Crippen LogP contribution is -2.47. The third kappa shape index (κ3) is 6.19. The van der Waals surface area contributed by atoms with Gasteiger partial charge in [-0.25, -0.2) is 0 Å². The van der Waals surface area contributed by atoms with Crippen molar-refractivity contribution >= 4 is 0 Å². The number of hydrogen-bond acceptors (Lipinski definition) is 5. The molecule has 0 aromatic rings. The van der Waals surface area contributed by atoms with Crippen LogP contribution in [-0.4, -0.2) is 75.8 Å². The summed E-state index contributed by atoms with van der Waals surface area (Å²) in [5.41, 5.74) is 0.172. The van der Waals surface area contributed by atoms with E-state index in [-0.39, 0.29) is 5.41 Å². The molecule has 0 radical (unpaired) electrons. The molecule has 1 heterocycles. The molecule has 2 unspecified atom stereocenters. The fourth-order valence-electron chi connectivity index (χ4n) is 2.63. The summed E-state index contributed by atoms with van der Waals surface area (Å²) in [7, 11) is 3.66. The van der Waals surface area contributed by atoms with Crippen LogP contribution in [0.25, 0.3) is 0 Å². The van der Waals surface area contributed by atoms with Gasteiger partial charge in [-0.1, -0.05) is 13.8 Å². The molecular weight excluding hydrogens is 244 g/mol. The molecule has 114 valence electrons. The van der Waals surface area contributed by atoms with E-state index < -0.39 is 6.10 Å². The highest BCUT2D eigenvalue weighted by atomic mass is 16.5. The topological polar surface area (TPSA) is 54.0 Å². The van der Waals surface area contributed by atoms with Crippen molar-refractivity contribution in [3.8, 4) is 0 Å². The third-order valence-corrected chi connectivity index (χ3v) is 3.56. The first kappa shape index (κ1) is 16.9. The van der Waals surface area contributed by atoms with Crippen molar-refractivity contribution in [2.45, 2.75) is 32.4 Å². The molecule has 0 aliphatic carbocycles. The van der Waals surface area contributed by atoms with Gasteiger partial charge in [0.2, 0.25) is 0 Å². The molecule has 19 heavy (non-hydrogen) atoms. The second kappa shape index (κ2) is 8.17. The zero-order chi connectivity index (χ0) is 14.3. The molecule has 2 atom stereocenters. The third-order valence-electron chi connectivity index (χ3n) is 3.56. The number of nitrogens with zero attached hydrogens (tertiary/aromatic N) is 1. The average Bonchev–Trinajstić information content (AvgIpc) is 2.75. The van der Waals surface area contributed by atoms with Crippen molar-refractivity contribution in [3.63, 3.8) is 0 Å². The van der Waals surface area contributed by atoms with Crippen LogP contribution < -0.4 is 5.32 Å². The Kier molecular flexibility index (Phi) is 7.25. The number of hydrogen-bond donors (Lipinski definition) is 2. The van der Waals surface area contributed by atoms with Crippen LogP contribution in [0.2, 0.25) is 0 Å². The van der Waals surface area contributed by atoms with Crippen molar-refractivity contribution in [2.75, 3.05) is 53.6 Å². The Morgan fingerprint density at radius 2 is 2.21 bits per heavy atom. The Bertz CT molecular complexity index is 243. The second-order valence-electron chi connectivity index (χ2n) is 6.14. The van der Waals surface area contributed by atoms with Crippen molar-refractivity contribution in [3.05, 3.63) is 0 Å². The Balaban J connectivity index is 2.43. The molecular formula is C14H30N2O3. The maximum atomic E-state index is 9.78. The van der Waals surface area contributed by atoms with E-state index in [1.165, 1.54) is 0 Å². The molecule has 5 heteroatoms. The highest BCUT2D eigenvalue weighted by Crippen LogP contribution is 2.29. The van der Waals surface area contributed by atoms with Gasteiger partial charge in [-0.05, 0) is 13.5 Å². The molecule has 1 aliphatic heterocycles. The molecule has 0 aromatic carbocycles. The van der Waals surface area contributed by atoms with Gasteiger partial charge in [-0.15, -0.1) is 0 Å². The summed E-state index contributed by atoms with van der Waals surface area (Å²) in [5.74, 6) is 0. The van der Waals surface area contributed by atoms with Crippen molar-refractivity contribution in [2.24, 2.45) is 5.41 Å². The summed E-state index contributed by atoms with van der Waals surface area (Å²) in [6, 6.07) is 0.488. The van der Waals surface area contributed by atoms with E-state index in [9.17, 15) is 5.11 Å². The molecule has 2 N–H and O–H groups in total. The van der Waals surface area contributed by atoms with E-state index in [1.54, 1.807) is 7.11 Å². The minimum absolute atomic E-state index is 0.172. The summed E-state index contributed by atoms with van der Waals surface area (Å²) in [6.07, 6.45) is 0.657. The van der Waals surface area contributed by atoms with Crippen molar-refractivity contribution in [1.29, 1.82) is 0 Å². The Morgan fingerprint density at radius 1 is 1.47 bits per heavy atom. The van der Waals surface area contributed by atoms with Gasteiger partial charge < -0.3 is 24.8 Å². The zero-order valence-electron chi connectivity index (χ0n) is 12.8. The maximum absolute atomic E-state index is 9.78. The molecule has 0 bridgehead atoms. The van der Waals surface area contributed by atoms with Crippen LogP contribution >= 0.6 is 0 Å². The van der Waals surface area contributed by atoms with Crippen LogP contribution in [0.15, 0.2) is 0 Å². The maximum Gasteiger partial charge on any atom is 0.0899 e. The molecule has 1 saturated heterocycles. The van der Waals surface area contributed by atoms with Crippen LogP contribution in [0.3, 0.4) is 0 Å². The Hall–Kier alpha value is -0.200. The number of nitrogens with one attached hydrogen (secondary N) is 1. The lowest BCUT2D eigenvalue weighted by Gasteiger charge is -2.34. The Morgan fingerprint density at radius 3 is 2.74 bits per heavy atom. The highest BCUT2D eigenvalue weighted by molar-refractivity contribution is 4.88. The molecule has 0 aromatic heterocycles. The quantitative estimate of drug-likeness (QED) is 0.635. The van der Waals surface area contributed by atoms with E-state index >= 15 is 0 Å². The van der Waals surface area contributed by atoms with E-state index in [0.717, 1.165) is 32.7 Å². The minimum atomic E-state index is -0.424. The highest BCUT2D eigenvalue weighted by Gasteiger charge is 2.36. The van der Waals surface area contributed by atoms with Gasteiger partial charge >= 0.3 is 0 Å². The average molecular weight is 274 g/mol. The summed E-state index contributed by atoms with van der Waals surface area (Å²) >= 11 is 0. The van der Waals surface area contributed by atoms with Gasteiger partial charge in [0.15, 0.2) is 0 Å². The van der Waals surface area contributed by atoms with Gasteiger partial charge in [0.05, 0.1) is 19.3 Å². The number of rotatable bonds is 9. The molecule has 0 saturated carbocycles. The van der Waals surface area contributed by atoms with E-state index in [0.29, 0.717) is 19.2 Å². The number of aliphatic hydroxyl groups is 1. The summed E-state index contributed by atoms with van der Waals surface area (Å²) in [4.78, 5) is 2.18. The monoisotopic (exact) mass is 274 g/mol. The lowest BCUT2D eigenvalue weighted by molar-refractivity contribution is 0.0309. The minimum Gasteiger partial charge on any atom is -0.389 e. The molecule has 1 rings (SSSR count). The number of ether oxygens (including phenoxy) is 2. The van der Waals surface area contributed by atoms with Crippen LogP contribution in [0.1, 0.15) is 20.3 Å². The molecule has 0 amide bonds. The largest absolute Gasteiger partial charge is 0.389 e. The lowest BCUT2D eigenvalue weighted by atomic mass is 9.86. The van der Waals surface area contributed by atoms with E-state index in [4.69, 9.17) is 9.47 Å². The van der Waals surface area contributed by atoms with Gasteiger partial charge in [0.1, 0.15) is 0 Å². The van der Waals surface area contributed by atoms with Gasteiger partial charge in [0, 0.05) is 44.8 Å². The summed E-state index contributed by atoms with van der Waals surface area (Å²) in [5, 5.41) is 13.3. The van der Waals surface area contributed by atoms with Crippen LogP contribution in [0, 0.1) is 5.41 Å².